The summed E-state index contributed by atoms with van der Waals surface area (Å²) < 4.78 is 0. The van der Waals surface area contributed by atoms with Crippen molar-refractivity contribution in [3.8, 4) is 0 Å². The van der Waals surface area contributed by atoms with Gasteiger partial charge in [-0.2, -0.15) is 0 Å². The van der Waals surface area contributed by atoms with Crippen LogP contribution in [0.3, 0.4) is 0 Å². The number of hydrogen-bond acceptors (Lipinski definition) is 3. The van der Waals surface area contributed by atoms with E-state index in [1.807, 2.05) is 6.92 Å². The summed E-state index contributed by atoms with van der Waals surface area (Å²) in [6, 6.07) is 4.46. The molecule has 1 rings (SSSR count). The van der Waals surface area contributed by atoms with Gasteiger partial charge in [-0.05, 0) is 26.3 Å². The third-order valence-electron chi connectivity index (χ3n) is 2.57. The standard InChI is InChI=1S/C12H15ClN2O3/c1-8(13)6-7-14-12(16)10-4-3-5-11(9(10)2)15(17)18/h3-5,8H,6-7H2,1-2H3,(H,14,16). The van der Waals surface area contributed by atoms with Crippen LogP contribution in [0.2, 0.25) is 0 Å². The molecule has 0 fully saturated rings. The summed E-state index contributed by atoms with van der Waals surface area (Å²) in [6.45, 7) is 3.86. The molecule has 0 spiro atoms. The third kappa shape index (κ3) is 3.70. The molecule has 1 amide bonds. The van der Waals surface area contributed by atoms with Crippen molar-refractivity contribution < 1.29 is 9.72 Å². The SMILES string of the molecule is Cc1c(C(=O)NCCC(C)Cl)cccc1[N+](=O)[O-]. The van der Waals surface area contributed by atoms with E-state index in [0.29, 0.717) is 24.1 Å². The van der Waals surface area contributed by atoms with Crippen molar-refractivity contribution in [3.05, 3.63) is 39.4 Å². The lowest BCUT2D eigenvalue weighted by atomic mass is 10.1. The normalized spacial score (nSPS) is 11.9. The molecule has 5 nitrogen and oxygen atoms in total. The van der Waals surface area contributed by atoms with Crippen LogP contribution in [0.15, 0.2) is 18.2 Å². The summed E-state index contributed by atoms with van der Waals surface area (Å²) in [5.74, 6) is -0.312. The Hall–Kier alpha value is -1.62. The maximum absolute atomic E-state index is 11.8. The first-order valence-corrected chi connectivity index (χ1v) is 6.03. The van der Waals surface area contributed by atoms with E-state index in [9.17, 15) is 14.9 Å². The molecule has 0 saturated carbocycles. The Kier molecular flexibility index (Phi) is 5.09. The Bertz CT molecular complexity index is 461. The first-order chi connectivity index (χ1) is 8.43. The van der Waals surface area contributed by atoms with Crippen LogP contribution < -0.4 is 5.32 Å². The van der Waals surface area contributed by atoms with E-state index >= 15 is 0 Å². The fourth-order valence-electron chi connectivity index (χ4n) is 1.55. The second-order valence-corrected chi connectivity index (χ2v) is 4.78. The van der Waals surface area contributed by atoms with Crippen LogP contribution in [0.5, 0.6) is 0 Å². The zero-order valence-corrected chi connectivity index (χ0v) is 11.0. The number of carbonyl (C=O) groups excluding carboxylic acids is 1. The lowest BCUT2D eigenvalue weighted by Crippen LogP contribution is -2.26. The second-order valence-electron chi connectivity index (χ2n) is 4.03. The van der Waals surface area contributed by atoms with Gasteiger partial charge in [0.25, 0.3) is 11.6 Å². The van der Waals surface area contributed by atoms with Gasteiger partial charge in [-0.25, -0.2) is 0 Å². The largest absolute Gasteiger partial charge is 0.352 e. The van der Waals surface area contributed by atoms with Gasteiger partial charge in [0.1, 0.15) is 0 Å². The summed E-state index contributed by atoms with van der Waals surface area (Å²) in [4.78, 5) is 22.1. The molecule has 0 radical (unpaired) electrons. The van der Waals surface area contributed by atoms with Crippen molar-refractivity contribution in [2.75, 3.05) is 6.54 Å². The zero-order valence-electron chi connectivity index (χ0n) is 10.3. The van der Waals surface area contributed by atoms with Gasteiger partial charge in [0.15, 0.2) is 0 Å². The second kappa shape index (κ2) is 6.35. The van der Waals surface area contributed by atoms with Crippen LogP contribution in [-0.4, -0.2) is 22.8 Å². The number of benzene rings is 1. The highest BCUT2D eigenvalue weighted by Crippen LogP contribution is 2.20. The molecule has 1 unspecified atom stereocenters. The molecule has 1 atom stereocenters. The molecular weight excluding hydrogens is 256 g/mol. The first kappa shape index (κ1) is 14.4. The maximum atomic E-state index is 11.8. The van der Waals surface area contributed by atoms with Crippen molar-refractivity contribution >= 4 is 23.2 Å². The van der Waals surface area contributed by atoms with E-state index in [1.54, 1.807) is 13.0 Å². The molecule has 0 heterocycles. The highest BCUT2D eigenvalue weighted by molar-refractivity contribution is 6.20. The van der Waals surface area contributed by atoms with E-state index in [1.165, 1.54) is 12.1 Å². The number of halogens is 1. The Morgan fingerprint density at radius 3 is 2.78 bits per heavy atom. The van der Waals surface area contributed by atoms with Gasteiger partial charge in [-0.15, -0.1) is 11.6 Å². The Balaban J connectivity index is 2.80. The van der Waals surface area contributed by atoms with Gasteiger partial charge in [-0.1, -0.05) is 6.07 Å². The summed E-state index contributed by atoms with van der Waals surface area (Å²) >= 11 is 5.76. The highest BCUT2D eigenvalue weighted by atomic mass is 35.5. The van der Waals surface area contributed by atoms with Gasteiger partial charge in [0.05, 0.1) is 4.92 Å². The third-order valence-corrected chi connectivity index (χ3v) is 2.79. The fourth-order valence-corrected chi connectivity index (χ4v) is 1.66. The van der Waals surface area contributed by atoms with Gasteiger partial charge in [0, 0.05) is 29.1 Å². The molecule has 1 N–H and O–H groups in total. The number of nitrogens with zero attached hydrogens (tertiary/aromatic N) is 1. The maximum Gasteiger partial charge on any atom is 0.273 e. The van der Waals surface area contributed by atoms with Crippen LogP contribution in [0.1, 0.15) is 29.3 Å². The van der Waals surface area contributed by atoms with Gasteiger partial charge >= 0.3 is 0 Å². The van der Waals surface area contributed by atoms with Crippen molar-refractivity contribution in [3.63, 3.8) is 0 Å². The lowest BCUT2D eigenvalue weighted by molar-refractivity contribution is -0.385. The lowest BCUT2D eigenvalue weighted by Gasteiger charge is -2.08. The Morgan fingerprint density at radius 1 is 1.56 bits per heavy atom. The van der Waals surface area contributed by atoms with E-state index in [-0.39, 0.29) is 17.0 Å². The number of nitro groups is 1. The summed E-state index contributed by atoms with van der Waals surface area (Å²) in [7, 11) is 0. The average Bonchev–Trinajstić information content (AvgIpc) is 2.28. The molecule has 0 aliphatic rings. The average molecular weight is 271 g/mol. The fraction of sp³-hybridized carbons (Fsp3) is 0.417. The topological polar surface area (TPSA) is 72.2 Å². The number of nitrogens with one attached hydrogen (secondary N) is 1. The van der Waals surface area contributed by atoms with Crippen LogP contribution in [0.25, 0.3) is 0 Å². The number of nitro benzene ring substituents is 1. The van der Waals surface area contributed by atoms with E-state index in [0.717, 1.165) is 0 Å². The van der Waals surface area contributed by atoms with Crippen molar-refractivity contribution in [2.24, 2.45) is 0 Å². The summed E-state index contributed by atoms with van der Waals surface area (Å²) in [5, 5.41) is 13.4. The van der Waals surface area contributed by atoms with Crippen LogP contribution in [0, 0.1) is 17.0 Å². The van der Waals surface area contributed by atoms with Crippen LogP contribution >= 0.6 is 11.6 Å². The minimum atomic E-state index is -0.493. The van der Waals surface area contributed by atoms with Gasteiger partial charge < -0.3 is 5.32 Å². The van der Waals surface area contributed by atoms with Gasteiger partial charge in [-0.3, -0.25) is 14.9 Å². The molecule has 1 aromatic rings. The zero-order chi connectivity index (χ0) is 13.7. The Morgan fingerprint density at radius 2 is 2.22 bits per heavy atom. The highest BCUT2D eigenvalue weighted by Gasteiger charge is 2.17. The first-order valence-electron chi connectivity index (χ1n) is 5.59. The predicted octanol–water partition coefficient (Wildman–Crippen LogP) is 2.65. The molecule has 0 bridgehead atoms. The summed E-state index contributed by atoms with van der Waals surface area (Å²) in [5.41, 5.74) is 0.652. The number of rotatable bonds is 5. The molecular formula is C12H15ClN2O3. The van der Waals surface area contributed by atoms with Gasteiger partial charge in [0.2, 0.25) is 0 Å². The smallest absolute Gasteiger partial charge is 0.273 e. The van der Waals surface area contributed by atoms with Crippen molar-refractivity contribution in [1.82, 2.24) is 5.32 Å². The molecule has 0 aliphatic carbocycles. The molecule has 6 heteroatoms. The number of amides is 1. The van der Waals surface area contributed by atoms with Crippen molar-refractivity contribution in [1.29, 1.82) is 0 Å². The molecule has 18 heavy (non-hydrogen) atoms. The quantitative estimate of drug-likeness (QED) is 0.508. The number of hydrogen-bond donors (Lipinski definition) is 1. The van der Waals surface area contributed by atoms with E-state index in [2.05, 4.69) is 5.32 Å². The monoisotopic (exact) mass is 270 g/mol. The molecule has 98 valence electrons. The van der Waals surface area contributed by atoms with Crippen molar-refractivity contribution in [2.45, 2.75) is 25.6 Å². The van der Waals surface area contributed by atoms with E-state index in [4.69, 9.17) is 11.6 Å². The summed E-state index contributed by atoms with van der Waals surface area (Å²) in [6.07, 6.45) is 0.654. The Labute approximate surface area is 110 Å². The molecule has 0 aliphatic heterocycles. The number of carbonyl (C=O) groups is 1. The molecule has 0 aromatic heterocycles. The minimum absolute atomic E-state index is 0.0171. The van der Waals surface area contributed by atoms with Crippen LogP contribution in [0.4, 0.5) is 5.69 Å². The number of alkyl halides is 1. The molecule has 1 aromatic carbocycles. The van der Waals surface area contributed by atoms with Crippen LogP contribution in [-0.2, 0) is 0 Å². The predicted molar refractivity (Wildman–Crippen MR) is 70.1 cm³/mol. The van der Waals surface area contributed by atoms with E-state index < -0.39 is 4.92 Å². The molecule has 0 saturated heterocycles. The minimum Gasteiger partial charge on any atom is -0.352 e.